The van der Waals surface area contributed by atoms with E-state index in [-0.39, 0.29) is 17.7 Å². The molecule has 5 nitrogen and oxygen atoms in total. The van der Waals surface area contributed by atoms with Gasteiger partial charge in [-0.15, -0.1) is 0 Å². The van der Waals surface area contributed by atoms with Crippen LogP contribution in [-0.4, -0.2) is 47.8 Å². The number of amides is 2. The lowest BCUT2D eigenvalue weighted by Crippen LogP contribution is -2.42. The first kappa shape index (κ1) is 22.7. The highest BCUT2D eigenvalue weighted by Gasteiger charge is 2.38. The minimum absolute atomic E-state index is 0.0112. The van der Waals surface area contributed by atoms with Gasteiger partial charge in [0.1, 0.15) is 0 Å². The van der Waals surface area contributed by atoms with E-state index in [9.17, 15) is 9.59 Å². The molecule has 2 rings (SSSR count). The Hall–Kier alpha value is -2.56. The van der Waals surface area contributed by atoms with Crippen LogP contribution >= 0.6 is 0 Å². The summed E-state index contributed by atoms with van der Waals surface area (Å²) in [5, 5.41) is 3.32. The Bertz CT molecular complexity index is 767. The third kappa shape index (κ3) is 4.55. The van der Waals surface area contributed by atoms with E-state index in [0.29, 0.717) is 37.3 Å². The molecule has 0 aliphatic carbocycles. The van der Waals surface area contributed by atoms with Crippen molar-refractivity contribution in [2.45, 2.75) is 54.4 Å². The van der Waals surface area contributed by atoms with Gasteiger partial charge in [-0.25, -0.2) is 0 Å². The van der Waals surface area contributed by atoms with Gasteiger partial charge in [0, 0.05) is 54.6 Å². The first-order chi connectivity index (χ1) is 13.8. The number of hydrogen-bond acceptors (Lipinski definition) is 3. The standard InChI is InChI=1S/C24H35N3O2/c1-8-26(9-2)23(28)20-17(6)25-18(7)21(24(29)27(10-3)11-4)22(20)19-14-12-16(5)13-15-19/h12-15,22,25H,8-11H2,1-7H3. The van der Waals surface area contributed by atoms with Crippen molar-refractivity contribution in [1.82, 2.24) is 15.1 Å². The number of hydrogen-bond donors (Lipinski definition) is 1. The van der Waals surface area contributed by atoms with Crippen LogP contribution in [0.4, 0.5) is 0 Å². The lowest BCUT2D eigenvalue weighted by atomic mass is 9.79. The van der Waals surface area contributed by atoms with Crippen molar-refractivity contribution in [3.8, 4) is 0 Å². The third-order valence-corrected chi connectivity index (χ3v) is 5.73. The molecule has 5 heteroatoms. The Kier molecular flexibility index (Phi) is 7.66. The fourth-order valence-corrected chi connectivity index (χ4v) is 4.02. The number of rotatable bonds is 7. The Morgan fingerprint density at radius 2 is 1.14 bits per heavy atom. The van der Waals surface area contributed by atoms with Crippen molar-refractivity contribution in [1.29, 1.82) is 0 Å². The summed E-state index contributed by atoms with van der Waals surface area (Å²) in [6, 6.07) is 8.16. The van der Waals surface area contributed by atoms with Crippen molar-refractivity contribution in [3.63, 3.8) is 0 Å². The predicted octanol–water partition coefficient (Wildman–Crippen LogP) is 3.97. The fraction of sp³-hybridized carbons (Fsp3) is 0.500. The molecule has 1 N–H and O–H groups in total. The van der Waals surface area contributed by atoms with Crippen LogP contribution in [0.25, 0.3) is 0 Å². The summed E-state index contributed by atoms with van der Waals surface area (Å²) in [7, 11) is 0. The first-order valence-corrected chi connectivity index (χ1v) is 10.6. The molecule has 1 heterocycles. The number of likely N-dealkylation sites (N-methyl/N-ethyl adjacent to an activating group) is 2. The van der Waals surface area contributed by atoms with Crippen LogP contribution in [0.3, 0.4) is 0 Å². The van der Waals surface area contributed by atoms with Crippen molar-refractivity contribution in [2.75, 3.05) is 26.2 Å². The van der Waals surface area contributed by atoms with Gasteiger partial charge >= 0.3 is 0 Å². The van der Waals surface area contributed by atoms with Crippen LogP contribution < -0.4 is 5.32 Å². The number of allylic oxidation sites excluding steroid dienone is 2. The summed E-state index contributed by atoms with van der Waals surface area (Å²) in [5.74, 6) is -0.399. The molecule has 1 aromatic rings. The number of nitrogens with one attached hydrogen (secondary N) is 1. The highest BCUT2D eigenvalue weighted by Crippen LogP contribution is 2.39. The molecule has 0 atom stereocenters. The van der Waals surface area contributed by atoms with E-state index in [0.717, 1.165) is 22.5 Å². The van der Waals surface area contributed by atoms with Crippen LogP contribution in [0, 0.1) is 6.92 Å². The van der Waals surface area contributed by atoms with Gasteiger partial charge in [-0.3, -0.25) is 9.59 Å². The van der Waals surface area contributed by atoms with Gasteiger partial charge in [0.05, 0.1) is 0 Å². The van der Waals surface area contributed by atoms with Crippen molar-refractivity contribution < 1.29 is 9.59 Å². The maximum Gasteiger partial charge on any atom is 0.252 e. The lowest BCUT2D eigenvalue weighted by Gasteiger charge is -2.35. The average molecular weight is 398 g/mol. The normalized spacial score (nSPS) is 14.7. The Balaban J connectivity index is 2.69. The van der Waals surface area contributed by atoms with Crippen LogP contribution in [0.15, 0.2) is 46.8 Å². The lowest BCUT2D eigenvalue weighted by molar-refractivity contribution is -0.127. The van der Waals surface area contributed by atoms with Crippen molar-refractivity contribution in [3.05, 3.63) is 57.9 Å². The molecule has 0 saturated heterocycles. The summed E-state index contributed by atoms with van der Waals surface area (Å²) >= 11 is 0. The van der Waals surface area contributed by atoms with Gasteiger partial charge in [0.25, 0.3) is 11.8 Å². The number of aryl methyl sites for hydroxylation is 1. The van der Waals surface area contributed by atoms with E-state index in [1.807, 2.05) is 82.5 Å². The first-order valence-electron chi connectivity index (χ1n) is 10.6. The SMILES string of the molecule is CCN(CC)C(=O)C1=C(C)NC(C)=C(C(=O)N(CC)CC)C1c1ccc(C)cc1. The average Bonchev–Trinajstić information content (AvgIpc) is 2.69. The molecule has 0 unspecified atom stereocenters. The smallest absolute Gasteiger partial charge is 0.252 e. The van der Waals surface area contributed by atoms with Crippen molar-refractivity contribution in [2.24, 2.45) is 0 Å². The largest absolute Gasteiger partial charge is 0.362 e. The Morgan fingerprint density at radius 3 is 1.48 bits per heavy atom. The minimum Gasteiger partial charge on any atom is -0.362 e. The van der Waals surface area contributed by atoms with Crippen LogP contribution in [0.2, 0.25) is 0 Å². The molecule has 0 radical (unpaired) electrons. The predicted molar refractivity (Wildman–Crippen MR) is 118 cm³/mol. The molecule has 29 heavy (non-hydrogen) atoms. The number of dihydropyridines is 1. The fourth-order valence-electron chi connectivity index (χ4n) is 4.02. The maximum atomic E-state index is 13.5. The van der Waals surface area contributed by atoms with Crippen molar-refractivity contribution >= 4 is 11.8 Å². The minimum atomic E-state index is -0.377. The molecule has 0 spiro atoms. The maximum absolute atomic E-state index is 13.5. The van der Waals surface area contributed by atoms with E-state index in [2.05, 4.69) is 5.32 Å². The summed E-state index contributed by atoms with van der Waals surface area (Å²) in [6.07, 6.45) is 0. The molecular weight excluding hydrogens is 362 g/mol. The summed E-state index contributed by atoms with van der Waals surface area (Å²) in [6.45, 7) is 16.4. The Labute approximate surface area is 175 Å². The quantitative estimate of drug-likeness (QED) is 0.757. The van der Waals surface area contributed by atoms with Gasteiger partial charge < -0.3 is 15.1 Å². The van der Waals surface area contributed by atoms with Gasteiger partial charge in [-0.05, 0) is 54.0 Å². The van der Waals surface area contributed by atoms with E-state index in [1.54, 1.807) is 0 Å². The molecule has 0 saturated carbocycles. The highest BCUT2D eigenvalue weighted by molar-refractivity contribution is 6.03. The summed E-state index contributed by atoms with van der Waals surface area (Å²) < 4.78 is 0. The van der Waals surface area contributed by atoms with Gasteiger partial charge in [-0.1, -0.05) is 29.8 Å². The Morgan fingerprint density at radius 1 is 0.759 bits per heavy atom. The molecule has 158 valence electrons. The topological polar surface area (TPSA) is 52.7 Å². The van der Waals surface area contributed by atoms with Gasteiger partial charge in [-0.2, -0.15) is 0 Å². The zero-order chi connectivity index (χ0) is 21.7. The zero-order valence-corrected chi connectivity index (χ0v) is 18.9. The molecule has 0 fully saturated rings. The highest BCUT2D eigenvalue weighted by atomic mass is 16.2. The second kappa shape index (κ2) is 9.77. The van der Waals surface area contributed by atoms with E-state index in [1.165, 1.54) is 0 Å². The third-order valence-electron chi connectivity index (χ3n) is 5.73. The van der Waals surface area contributed by atoms with E-state index < -0.39 is 0 Å². The number of nitrogens with zero attached hydrogens (tertiary/aromatic N) is 2. The van der Waals surface area contributed by atoms with Gasteiger partial charge in [0.2, 0.25) is 0 Å². The summed E-state index contributed by atoms with van der Waals surface area (Å²) in [4.78, 5) is 30.6. The monoisotopic (exact) mass is 397 g/mol. The number of carbonyl (C=O) groups excluding carboxylic acids is 2. The number of benzene rings is 1. The van der Waals surface area contributed by atoms with Crippen LogP contribution in [-0.2, 0) is 9.59 Å². The second-order valence-electron chi connectivity index (χ2n) is 7.50. The second-order valence-corrected chi connectivity index (χ2v) is 7.50. The molecule has 1 aliphatic heterocycles. The van der Waals surface area contributed by atoms with Gasteiger partial charge in [0.15, 0.2) is 0 Å². The molecule has 0 aromatic heterocycles. The summed E-state index contributed by atoms with van der Waals surface area (Å²) in [5.41, 5.74) is 5.10. The number of carbonyl (C=O) groups is 2. The molecular formula is C24H35N3O2. The van der Waals surface area contributed by atoms with E-state index >= 15 is 0 Å². The molecule has 2 amide bonds. The van der Waals surface area contributed by atoms with Crippen LogP contribution in [0.5, 0.6) is 0 Å². The van der Waals surface area contributed by atoms with E-state index in [4.69, 9.17) is 0 Å². The van der Waals surface area contributed by atoms with Crippen LogP contribution in [0.1, 0.15) is 58.6 Å². The molecule has 0 bridgehead atoms. The molecule has 1 aliphatic rings. The zero-order valence-electron chi connectivity index (χ0n) is 18.9. The molecule has 1 aromatic carbocycles.